The zero-order valence-electron chi connectivity index (χ0n) is 20.9. The monoisotopic (exact) mass is 499 g/mol. The van der Waals surface area contributed by atoms with E-state index in [4.69, 9.17) is 14.3 Å². The zero-order chi connectivity index (χ0) is 25.6. The van der Waals surface area contributed by atoms with Gasteiger partial charge in [0.15, 0.2) is 5.75 Å². The average molecular weight is 500 g/mol. The van der Waals surface area contributed by atoms with Gasteiger partial charge >= 0.3 is 0 Å². The highest BCUT2D eigenvalue weighted by atomic mass is 16.6. The average Bonchev–Trinajstić information content (AvgIpc) is 2.96. The summed E-state index contributed by atoms with van der Waals surface area (Å²) < 4.78 is 10.9. The summed E-state index contributed by atoms with van der Waals surface area (Å²) in [5.74, 6) is 1.68. The molecule has 37 heavy (non-hydrogen) atoms. The lowest BCUT2D eigenvalue weighted by Crippen LogP contribution is -2.48. The highest BCUT2D eigenvalue weighted by molar-refractivity contribution is 5.97. The van der Waals surface area contributed by atoms with Gasteiger partial charge in [-0.1, -0.05) is 24.3 Å². The summed E-state index contributed by atoms with van der Waals surface area (Å²) in [6.45, 7) is 3.51. The Bertz CT molecular complexity index is 1380. The number of amides is 1. The molecule has 0 spiro atoms. The number of pyridine rings is 2. The van der Waals surface area contributed by atoms with Crippen molar-refractivity contribution < 1.29 is 19.1 Å². The van der Waals surface area contributed by atoms with Crippen LogP contribution in [0.4, 0.5) is 5.69 Å². The van der Waals surface area contributed by atoms with Gasteiger partial charge in [0.05, 0.1) is 25.5 Å². The molecule has 1 aliphatic heterocycles. The van der Waals surface area contributed by atoms with Crippen molar-refractivity contribution in [1.82, 2.24) is 19.8 Å². The Labute approximate surface area is 215 Å². The molecule has 1 fully saturated rings. The number of carbonyl (C=O) groups is 1. The molecule has 1 N–H and O–H groups in total. The first kappa shape index (κ1) is 24.3. The number of ether oxygens (including phenoxy) is 2. The van der Waals surface area contributed by atoms with Gasteiger partial charge < -0.3 is 19.2 Å². The predicted octanol–water partition coefficient (Wildman–Crippen LogP) is 4.01. The molecule has 9 heteroatoms. The number of nitrogens with zero attached hydrogens (tertiary/aromatic N) is 4. The topological polar surface area (TPSA) is 89.0 Å². The van der Waals surface area contributed by atoms with Gasteiger partial charge in [0.2, 0.25) is 5.88 Å². The molecule has 0 saturated carbocycles. The maximum Gasteiger partial charge on any atom is 0.257 e. The molecule has 190 valence electrons. The lowest BCUT2D eigenvalue weighted by molar-refractivity contribution is 0.0624. The van der Waals surface area contributed by atoms with Crippen LogP contribution in [0.15, 0.2) is 73.1 Å². The molecule has 9 nitrogen and oxygen atoms in total. The van der Waals surface area contributed by atoms with Crippen LogP contribution in [0.25, 0.3) is 10.9 Å². The van der Waals surface area contributed by atoms with E-state index in [0.717, 1.165) is 36.1 Å². The van der Waals surface area contributed by atoms with Crippen LogP contribution >= 0.6 is 0 Å². The van der Waals surface area contributed by atoms with E-state index in [1.165, 1.54) is 0 Å². The Kier molecular flexibility index (Phi) is 7.32. The molecule has 2 aromatic heterocycles. The molecular formula is C28H29N5O4. The summed E-state index contributed by atoms with van der Waals surface area (Å²) in [4.78, 5) is 32.0. The van der Waals surface area contributed by atoms with Crippen molar-refractivity contribution in [2.75, 3.05) is 45.9 Å². The third kappa shape index (κ3) is 5.41. The van der Waals surface area contributed by atoms with E-state index in [1.807, 2.05) is 47.4 Å². The van der Waals surface area contributed by atoms with Crippen LogP contribution in [0.2, 0.25) is 0 Å². The second kappa shape index (κ2) is 11.1. The van der Waals surface area contributed by atoms with Crippen molar-refractivity contribution in [3.63, 3.8) is 0 Å². The molecule has 0 bridgehead atoms. The zero-order valence-corrected chi connectivity index (χ0v) is 20.9. The third-order valence-electron chi connectivity index (χ3n) is 6.40. The third-order valence-corrected chi connectivity index (χ3v) is 6.40. The Morgan fingerprint density at radius 2 is 1.68 bits per heavy atom. The van der Waals surface area contributed by atoms with Crippen molar-refractivity contribution in [2.24, 2.45) is 0 Å². The number of aromatic nitrogens is 2. The number of anilines is 1. The summed E-state index contributed by atoms with van der Waals surface area (Å²) in [7, 11) is 3.19. The van der Waals surface area contributed by atoms with Gasteiger partial charge in [0.25, 0.3) is 5.91 Å². The minimum atomic E-state index is -0.0545. The fourth-order valence-electron chi connectivity index (χ4n) is 4.45. The maximum atomic E-state index is 13.3. The number of fused-ring (bicyclic) bond motifs is 1. The Morgan fingerprint density at radius 1 is 0.892 bits per heavy atom. The van der Waals surface area contributed by atoms with E-state index in [9.17, 15) is 4.79 Å². The van der Waals surface area contributed by atoms with Crippen LogP contribution < -0.4 is 19.8 Å². The van der Waals surface area contributed by atoms with Gasteiger partial charge in [0, 0.05) is 62.1 Å². The lowest BCUT2D eigenvalue weighted by atomic mass is 10.1. The van der Waals surface area contributed by atoms with E-state index in [2.05, 4.69) is 20.3 Å². The van der Waals surface area contributed by atoms with Crippen molar-refractivity contribution in [3.05, 3.63) is 84.2 Å². The smallest absolute Gasteiger partial charge is 0.257 e. The summed E-state index contributed by atoms with van der Waals surface area (Å²) in [6.07, 6.45) is 3.45. The molecule has 1 saturated heterocycles. The highest BCUT2D eigenvalue weighted by Crippen LogP contribution is 2.27. The number of benzene rings is 2. The van der Waals surface area contributed by atoms with Gasteiger partial charge in [-0.25, -0.2) is 10.5 Å². The largest absolute Gasteiger partial charge is 0.496 e. The molecule has 0 radical (unpaired) electrons. The first-order valence-corrected chi connectivity index (χ1v) is 12.1. The minimum absolute atomic E-state index is 0.0545. The fraction of sp³-hybridized carbons (Fsp3) is 0.250. The summed E-state index contributed by atoms with van der Waals surface area (Å²) in [5, 5.41) is 0.986. The molecule has 0 aliphatic carbocycles. The predicted molar refractivity (Wildman–Crippen MR) is 141 cm³/mol. The molecule has 3 heterocycles. The van der Waals surface area contributed by atoms with Gasteiger partial charge in [-0.05, 0) is 30.3 Å². The van der Waals surface area contributed by atoms with Gasteiger partial charge in [0.1, 0.15) is 11.3 Å². The standard InChI is InChI=1S/C28H29N5O4/c1-35-25-18-22(31-37-24-9-3-6-20-7-4-12-29-26(20)24)10-11-23(25)28(34)33-16-14-32(15-17-33)19-21-8-5-13-30-27(21)36-2/h3-13,18,31H,14-17,19H2,1-2H3. The summed E-state index contributed by atoms with van der Waals surface area (Å²) >= 11 is 0. The Balaban J connectivity index is 1.22. The quantitative estimate of drug-likeness (QED) is 0.364. The Hall–Kier alpha value is -4.37. The maximum absolute atomic E-state index is 13.3. The van der Waals surface area contributed by atoms with E-state index in [0.29, 0.717) is 41.7 Å². The SMILES string of the molecule is COc1cc(NOc2cccc3cccnc23)ccc1C(=O)N1CCN(Cc2cccnc2OC)CC1. The number of hydrogen-bond donors (Lipinski definition) is 1. The number of carbonyl (C=O) groups excluding carboxylic acids is 1. The van der Waals surface area contributed by atoms with Crippen LogP contribution in [-0.2, 0) is 6.54 Å². The van der Waals surface area contributed by atoms with E-state index in [1.54, 1.807) is 44.8 Å². The minimum Gasteiger partial charge on any atom is -0.496 e. The van der Waals surface area contributed by atoms with Crippen molar-refractivity contribution in [1.29, 1.82) is 0 Å². The van der Waals surface area contributed by atoms with Gasteiger partial charge in [-0.15, -0.1) is 0 Å². The number of rotatable bonds is 8. The molecule has 1 amide bonds. The number of methoxy groups -OCH3 is 2. The number of nitrogens with one attached hydrogen (secondary N) is 1. The first-order chi connectivity index (χ1) is 18.2. The second-order valence-electron chi connectivity index (χ2n) is 8.69. The van der Waals surface area contributed by atoms with Crippen LogP contribution in [0.5, 0.6) is 17.4 Å². The van der Waals surface area contributed by atoms with E-state index in [-0.39, 0.29) is 5.91 Å². The second-order valence-corrected chi connectivity index (χ2v) is 8.69. The molecule has 4 aromatic rings. The molecule has 0 unspecified atom stereocenters. The van der Waals surface area contributed by atoms with Crippen LogP contribution in [0.3, 0.4) is 0 Å². The summed E-state index contributed by atoms with van der Waals surface area (Å²) in [5.41, 5.74) is 5.92. The molecular weight excluding hydrogens is 470 g/mol. The van der Waals surface area contributed by atoms with Gasteiger partial charge in [-0.3, -0.25) is 14.7 Å². The van der Waals surface area contributed by atoms with Crippen LogP contribution in [0.1, 0.15) is 15.9 Å². The van der Waals surface area contributed by atoms with Crippen molar-refractivity contribution in [2.45, 2.75) is 6.54 Å². The van der Waals surface area contributed by atoms with E-state index >= 15 is 0 Å². The molecule has 2 aromatic carbocycles. The normalized spacial score (nSPS) is 13.8. The van der Waals surface area contributed by atoms with Crippen molar-refractivity contribution >= 4 is 22.5 Å². The molecule has 0 atom stereocenters. The van der Waals surface area contributed by atoms with Gasteiger partial charge in [-0.2, -0.15) is 0 Å². The first-order valence-electron chi connectivity index (χ1n) is 12.1. The summed E-state index contributed by atoms with van der Waals surface area (Å²) in [6, 6.07) is 18.9. The van der Waals surface area contributed by atoms with Crippen LogP contribution in [-0.4, -0.2) is 66.1 Å². The van der Waals surface area contributed by atoms with Crippen molar-refractivity contribution in [3.8, 4) is 17.4 Å². The van der Waals surface area contributed by atoms with Crippen LogP contribution in [0, 0.1) is 0 Å². The fourth-order valence-corrected chi connectivity index (χ4v) is 4.45. The van der Waals surface area contributed by atoms with E-state index < -0.39 is 0 Å². The number of para-hydroxylation sites is 1. The molecule has 1 aliphatic rings. The Morgan fingerprint density at radius 3 is 2.49 bits per heavy atom. The molecule has 5 rings (SSSR count). The number of hydrogen-bond acceptors (Lipinski definition) is 8. The highest BCUT2D eigenvalue weighted by Gasteiger charge is 2.25. The lowest BCUT2D eigenvalue weighted by Gasteiger charge is -2.35. The number of piperazine rings is 1.